The van der Waals surface area contributed by atoms with Gasteiger partial charge < -0.3 is 10.2 Å². The molecule has 0 saturated carbocycles. The molecule has 1 heterocycles. The van der Waals surface area contributed by atoms with Crippen LogP contribution in [0.2, 0.25) is 0 Å². The van der Waals surface area contributed by atoms with Crippen molar-refractivity contribution in [2.45, 2.75) is 6.61 Å². The number of hydrogen-bond donors (Lipinski definition) is 2. The van der Waals surface area contributed by atoms with Crippen molar-refractivity contribution in [1.82, 2.24) is 4.98 Å². The molecule has 4 heteroatoms. The average Bonchev–Trinajstić information content (AvgIpc) is 2.28. The molecule has 0 bridgehead atoms. The Labute approximate surface area is 88.0 Å². The van der Waals surface area contributed by atoms with Gasteiger partial charge in [0.15, 0.2) is 0 Å². The number of anilines is 1. The number of nitrogens with two attached hydrogens (primary N) is 1. The van der Waals surface area contributed by atoms with Crippen molar-refractivity contribution < 1.29 is 4.74 Å². The molecule has 0 aliphatic rings. The minimum absolute atomic E-state index is 0.592. The zero-order valence-corrected chi connectivity index (χ0v) is 8.53. The molecular weight excluding hydrogens is 190 g/mol. The highest BCUT2D eigenvalue weighted by Gasteiger charge is 2.01. The van der Waals surface area contributed by atoms with Gasteiger partial charge in [0.25, 0.3) is 0 Å². The number of aromatic nitrogens is 1. The van der Waals surface area contributed by atoms with E-state index in [-0.39, 0.29) is 0 Å². The highest BCUT2D eigenvalue weighted by molar-refractivity contribution is 5.91. The van der Waals surface area contributed by atoms with Crippen LogP contribution >= 0.6 is 0 Å². The van der Waals surface area contributed by atoms with Gasteiger partial charge in [-0.25, -0.2) is 10.8 Å². The third-order valence-corrected chi connectivity index (χ3v) is 2.28. The quantitative estimate of drug-likeness (QED) is 0.588. The van der Waals surface area contributed by atoms with E-state index in [1.54, 1.807) is 13.3 Å². The predicted molar refractivity (Wildman–Crippen MR) is 60.3 cm³/mol. The van der Waals surface area contributed by atoms with E-state index >= 15 is 0 Å². The second-order valence-corrected chi connectivity index (χ2v) is 3.29. The Hall–Kier alpha value is -1.65. The van der Waals surface area contributed by atoms with Gasteiger partial charge in [0.1, 0.15) is 5.82 Å². The molecule has 0 unspecified atom stereocenters. The molecular formula is C11H13N3O. The van der Waals surface area contributed by atoms with Crippen molar-refractivity contribution in [3.8, 4) is 0 Å². The van der Waals surface area contributed by atoms with Crippen molar-refractivity contribution >= 4 is 16.6 Å². The van der Waals surface area contributed by atoms with Crippen molar-refractivity contribution in [3.63, 3.8) is 0 Å². The normalized spacial score (nSPS) is 10.5. The number of ether oxygens (including phenoxy) is 1. The van der Waals surface area contributed by atoms with Crippen molar-refractivity contribution in [2.75, 3.05) is 12.5 Å². The number of hydrogen-bond acceptors (Lipinski definition) is 4. The maximum Gasteiger partial charge on any atom is 0.147 e. The van der Waals surface area contributed by atoms with Crippen molar-refractivity contribution in [2.24, 2.45) is 5.84 Å². The number of nitrogens with zero attached hydrogens (tertiary/aromatic N) is 1. The van der Waals surface area contributed by atoms with Gasteiger partial charge >= 0.3 is 0 Å². The first-order valence-corrected chi connectivity index (χ1v) is 4.68. The van der Waals surface area contributed by atoms with E-state index in [4.69, 9.17) is 10.6 Å². The molecule has 0 aliphatic heterocycles. The molecule has 0 fully saturated rings. The Morgan fingerprint density at radius 1 is 1.40 bits per heavy atom. The molecule has 0 radical (unpaired) electrons. The summed E-state index contributed by atoms with van der Waals surface area (Å²) in [6, 6.07) is 8.05. The molecule has 0 aliphatic carbocycles. The molecule has 3 N–H and O–H groups in total. The lowest BCUT2D eigenvalue weighted by Gasteiger charge is -2.06. The summed E-state index contributed by atoms with van der Waals surface area (Å²) in [4.78, 5) is 4.15. The Kier molecular flexibility index (Phi) is 2.80. The van der Waals surface area contributed by atoms with Crippen LogP contribution in [0.15, 0.2) is 30.5 Å². The molecule has 1 aromatic carbocycles. The third-order valence-electron chi connectivity index (χ3n) is 2.28. The number of benzene rings is 1. The third kappa shape index (κ3) is 1.91. The first-order chi connectivity index (χ1) is 7.35. The van der Waals surface area contributed by atoms with E-state index in [1.807, 2.05) is 24.3 Å². The maximum absolute atomic E-state index is 5.40. The summed E-state index contributed by atoms with van der Waals surface area (Å²) < 4.78 is 5.08. The van der Waals surface area contributed by atoms with Crippen LogP contribution in [0.25, 0.3) is 10.8 Å². The molecule has 0 spiro atoms. The van der Waals surface area contributed by atoms with E-state index in [9.17, 15) is 0 Å². The fraction of sp³-hybridized carbons (Fsp3) is 0.182. The molecule has 15 heavy (non-hydrogen) atoms. The van der Waals surface area contributed by atoms with Crippen LogP contribution < -0.4 is 11.3 Å². The minimum Gasteiger partial charge on any atom is -0.380 e. The van der Waals surface area contributed by atoms with Crippen LogP contribution in [0.1, 0.15) is 5.56 Å². The Morgan fingerprint density at radius 2 is 2.27 bits per heavy atom. The Morgan fingerprint density at radius 3 is 3.00 bits per heavy atom. The largest absolute Gasteiger partial charge is 0.380 e. The number of nitrogen functional groups attached to an aromatic ring is 1. The second kappa shape index (κ2) is 4.25. The predicted octanol–water partition coefficient (Wildman–Crippen LogP) is 1.67. The van der Waals surface area contributed by atoms with Crippen molar-refractivity contribution in [1.29, 1.82) is 0 Å². The van der Waals surface area contributed by atoms with Crippen LogP contribution in [0.3, 0.4) is 0 Å². The summed E-state index contributed by atoms with van der Waals surface area (Å²) in [5.41, 5.74) is 3.69. The van der Waals surface area contributed by atoms with E-state index < -0.39 is 0 Å². The summed E-state index contributed by atoms with van der Waals surface area (Å²) in [6.07, 6.45) is 1.73. The van der Waals surface area contributed by atoms with Gasteiger partial charge in [-0.2, -0.15) is 0 Å². The topological polar surface area (TPSA) is 60.2 Å². The number of methoxy groups -OCH3 is 1. The van der Waals surface area contributed by atoms with Gasteiger partial charge in [-0.15, -0.1) is 0 Å². The Balaban J connectivity index is 2.57. The number of nitrogens with one attached hydrogen (secondary N) is 1. The minimum atomic E-state index is 0.592. The van der Waals surface area contributed by atoms with Crippen molar-refractivity contribution in [3.05, 3.63) is 36.0 Å². The lowest BCUT2D eigenvalue weighted by molar-refractivity contribution is 0.185. The smallest absolute Gasteiger partial charge is 0.147 e. The number of hydrazine groups is 1. The van der Waals surface area contributed by atoms with Gasteiger partial charge in [0, 0.05) is 18.7 Å². The first-order valence-electron chi connectivity index (χ1n) is 4.68. The van der Waals surface area contributed by atoms with Crippen LogP contribution in [0.4, 0.5) is 5.82 Å². The van der Waals surface area contributed by atoms with Crippen LogP contribution in [0.5, 0.6) is 0 Å². The highest BCUT2D eigenvalue weighted by Crippen LogP contribution is 2.21. The number of rotatable bonds is 3. The van der Waals surface area contributed by atoms with E-state index in [0.717, 1.165) is 16.3 Å². The standard InChI is InChI=1S/C11H13N3O/c1-15-7-8-2-3-9-4-5-13-11(14-12)10(9)6-8/h2-6H,7,12H2,1H3,(H,13,14). The number of pyridine rings is 1. The molecule has 0 amide bonds. The molecule has 1 aromatic heterocycles. The van der Waals surface area contributed by atoms with Gasteiger partial charge in [-0.3, -0.25) is 0 Å². The van der Waals surface area contributed by atoms with Gasteiger partial charge in [-0.05, 0) is 23.1 Å². The Bertz CT molecular complexity index is 470. The van der Waals surface area contributed by atoms with E-state index in [1.165, 1.54) is 0 Å². The van der Waals surface area contributed by atoms with E-state index in [2.05, 4.69) is 10.4 Å². The van der Waals surface area contributed by atoms with Crippen LogP contribution in [-0.2, 0) is 11.3 Å². The summed E-state index contributed by atoms with van der Waals surface area (Å²) >= 11 is 0. The summed E-state index contributed by atoms with van der Waals surface area (Å²) in [7, 11) is 1.68. The van der Waals surface area contributed by atoms with E-state index in [0.29, 0.717) is 12.4 Å². The van der Waals surface area contributed by atoms with Gasteiger partial charge in [0.2, 0.25) is 0 Å². The molecule has 78 valence electrons. The zero-order valence-electron chi connectivity index (χ0n) is 8.53. The fourth-order valence-electron chi connectivity index (χ4n) is 1.59. The molecule has 0 atom stereocenters. The van der Waals surface area contributed by atoms with Gasteiger partial charge in [-0.1, -0.05) is 12.1 Å². The average molecular weight is 203 g/mol. The second-order valence-electron chi connectivity index (χ2n) is 3.29. The summed E-state index contributed by atoms with van der Waals surface area (Å²) in [5.74, 6) is 6.08. The molecule has 2 aromatic rings. The highest BCUT2D eigenvalue weighted by atomic mass is 16.5. The summed E-state index contributed by atoms with van der Waals surface area (Å²) in [6.45, 7) is 0.592. The van der Waals surface area contributed by atoms with Crippen LogP contribution in [0, 0.1) is 0 Å². The first kappa shape index (κ1) is 9.89. The maximum atomic E-state index is 5.40. The lowest BCUT2D eigenvalue weighted by atomic mass is 10.1. The monoisotopic (exact) mass is 203 g/mol. The van der Waals surface area contributed by atoms with Gasteiger partial charge in [0.05, 0.1) is 6.61 Å². The molecule has 2 rings (SSSR count). The lowest BCUT2D eigenvalue weighted by Crippen LogP contribution is -2.08. The zero-order chi connectivity index (χ0) is 10.7. The fourth-order valence-corrected chi connectivity index (χ4v) is 1.59. The van der Waals surface area contributed by atoms with Crippen LogP contribution in [-0.4, -0.2) is 12.1 Å². The molecule has 4 nitrogen and oxygen atoms in total. The number of fused-ring (bicyclic) bond motifs is 1. The summed E-state index contributed by atoms with van der Waals surface area (Å²) in [5, 5.41) is 2.12. The molecule has 0 saturated heterocycles. The SMILES string of the molecule is COCc1ccc2ccnc(NN)c2c1.